The van der Waals surface area contributed by atoms with Gasteiger partial charge in [0.2, 0.25) is 0 Å². The van der Waals surface area contributed by atoms with Gasteiger partial charge in [0.1, 0.15) is 6.61 Å². The summed E-state index contributed by atoms with van der Waals surface area (Å²) in [7, 11) is 0. The molecule has 0 aromatic carbocycles. The van der Waals surface area contributed by atoms with E-state index in [-0.39, 0.29) is 13.5 Å². The SMILES string of the molecule is C=CC(=O)OCC1CCCO1.[HH]. The highest BCUT2D eigenvalue weighted by Crippen LogP contribution is 2.11. The molecule has 1 unspecified atom stereocenters. The van der Waals surface area contributed by atoms with Gasteiger partial charge in [0.25, 0.3) is 0 Å². The second-order valence-electron chi connectivity index (χ2n) is 2.47. The van der Waals surface area contributed by atoms with E-state index in [1.165, 1.54) is 0 Å². The second kappa shape index (κ2) is 4.13. The van der Waals surface area contributed by atoms with Crippen LogP contribution < -0.4 is 0 Å². The molecular weight excluding hydrogens is 144 g/mol. The van der Waals surface area contributed by atoms with E-state index >= 15 is 0 Å². The Balaban J connectivity index is 0.00000121. The second-order valence-corrected chi connectivity index (χ2v) is 2.47. The topological polar surface area (TPSA) is 35.5 Å². The third-order valence-corrected chi connectivity index (χ3v) is 1.60. The summed E-state index contributed by atoms with van der Waals surface area (Å²) in [6.45, 7) is 4.44. The largest absolute Gasteiger partial charge is 0.460 e. The van der Waals surface area contributed by atoms with Crippen molar-refractivity contribution in [3.8, 4) is 0 Å². The maximum atomic E-state index is 10.6. The lowest BCUT2D eigenvalue weighted by Gasteiger charge is -2.07. The minimum Gasteiger partial charge on any atom is -0.460 e. The van der Waals surface area contributed by atoms with Gasteiger partial charge in [-0.3, -0.25) is 0 Å². The van der Waals surface area contributed by atoms with Gasteiger partial charge >= 0.3 is 5.97 Å². The van der Waals surface area contributed by atoms with Crippen LogP contribution in [-0.2, 0) is 14.3 Å². The standard InChI is InChI=1S/C8H12O3.H2/c1-2-8(9)11-6-7-4-3-5-10-7;/h2,7H,1,3-6H2;1H. The summed E-state index contributed by atoms with van der Waals surface area (Å²) < 4.78 is 10.0. The van der Waals surface area contributed by atoms with Gasteiger partial charge in [0.15, 0.2) is 0 Å². The van der Waals surface area contributed by atoms with E-state index in [2.05, 4.69) is 6.58 Å². The van der Waals surface area contributed by atoms with E-state index in [1.807, 2.05) is 0 Å². The number of hydrogen-bond donors (Lipinski definition) is 0. The van der Waals surface area contributed by atoms with Crippen LogP contribution >= 0.6 is 0 Å². The zero-order valence-electron chi connectivity index (χ0n) is 6.41. The van der Waals surface area contributed by atoms with Crippen molar-refractivity contribution in [3.05, 3.63) is 12.7 Å². The van der Waals surface area contributed by atoms with Crippen LogP contribution in [0.3, 0.4) is 0 Å². The summed E-state index contributed by atoms with van der Waals surface area (Å²) in [6.07, 6.45) is 3.33. The Hall–Kier alpha value is -0.830. The van der Waals surface area contributed by atoms with Crippen LogP contribution in [0, 0.1) is 0 Å². The minimum atomic E-state index is -0.375. The maximum absolute atomic E-state index is 10.6. The molecule has 0 bridgehead atoms. The molecule has 0 N–H and O–H groups in total. The summed E-state index contributed by atoms with van der Waals surface area (Å²) in [5, 5.41) is 0. The van der Waals surface area contributed by atoms with Gasteiger partial charge in [-0.15, -0.1) is 0 Å². The Labute approximate surface area is 67.5 Å². The normalized spacial score (nSPS) is 23.1. The van der Waals surface area contributed by atoms with Crippen molar-refractivity contribution in [2.75, 3.05) is 13.2 Å². The highest BCUT2D eigenvalue weighted by Gasteiger charge is 2.16. The lowest BCUT2D eigenvalue weighted by atomic mass is 10.2. The number of rotatable bonds is 3. The molecule has 0 saturated carbocycles. The average Bonchev–Trinajstić information content (AvgIpc) is 2.52. The van der Waals surface area contributed by atoms with Crippen molar-refractivity contribution in [2.24, 2.45) is 0 Å². The van der Waals surface area contributed by atoms with Crippen LogP contribution in [0.2, 0.25) is 0 Å². The molecule has 0 aromatic rings. The predicted molar refractivity (Wildman–Crippen MR) is 42.2 cm³/mol. The minimum absolute atomic E-state index is 0. The zero-order valence-corrected chi connectivity index (χ0v) is 6.41. The Morgan fingerprint density at radius 2 is 2.73 bits per heavy atom. The van der Waals surface area contributed by atoms with Gasteiger partial charge in [-0.25, -0.2) is 4.79 Å². The highest BCUT2D eigenvalue weighted by molar-refractivity contribution is 5.81. The van der Waals surface area contributed by atoms with Gasteiger partial charge in [-0.2, -0.15) is 0 Å². The van der Waals surface area contributed by atoms with E-state index < -0.39 is 0 Å². The van der Waals surface area contributed by atoms with Crippen LogP contribution in [0.1, 0.15) is 14.3 Å². The van der Waals surface area contributed by atoms with Crippen molar-refractivity contribution in [2.45, 2.75) is 18.9 Å². The number of esters is 1. The van der Waals surface area contributed by atoms with Crippen LogP contribution in [-0.4, -0.2) is 25.3 Å². The molecule has 1 aliphatic rings. The van der Waals surface area contributed by atoms with Crippen LogP contribution in [0.5, 0.6) is 0 Å². The average molecular weight is 158 g/mol. The summed E-state index contributed by atoms with van der Waals surface area (Å²) in [5.74, 6) is -0.375. The Morgan fingerprint density at radius 3 is 3.27 bits per heavy atom. The van der Waals surface area contributed by atoms with Crippen LogP contribution in [0.25, 0.3) is 0 Å². The Morgan fingerprint density at radius 1 is 1.91 bits per heavy atom. The third-order valence-electron chi connectivity index (χ3n) is 1.60. The van der Waals surface area contributed by atoms with Gasteiger partial charge in [0.05, 0.1) is 6.10 Å². The fourth-order valence-corrected chi connectivity index (χ4v) is 1.01. The lowest BCUT2D eigenvalue weighted by molar-refractivity contribution is -0.140. The summed E-state index contributed by atoms with van der Waals surface area (Å²) >= 11 is 0. The van der Waals surface area contributed by atoms with Gasteiger partial charge in [0, 0.05) is 14.1 Å². The molecule has 0 amide bonds. The molecule has 1 atom stereocenters. The molecule has 1 saturated heterocycles. The van der Waals surface area contributed by atoms with E-state index in [0.717, 1.165) is 25.5 Å². The first-order valence-electron chi connectivity index (χ1n) is 3.73. The Bertz CT molecular complexity index is 152. The van der Waals surface area contributed by atoms with Gasteiger partial charge in [-0.05, 0) is 12.8 Å². The lowest BCUT2D eigenvalue weighted by Crippen LogP contribution is -2.16. The number of hydrogen-bond acceptors (Lipinski definition) is 3. The molecule has 0 radical (unpaired) electrons. The first kappa shape index (κ1) is 8.27. The maximum Gasteiger partial charge on any atom is 0.330 e. The van der Waals surface area contributed by atoms with Crippen molar-refractivity contribution < 1.29 is 15.7 Å². The molecule has 3 heteroatoms. The van der Waals surface area contributed by atoms with Crippen molar-refractivity contribution in [1.82, 2.24) is 0 Å². The van der Waals surface area contributed by atoms with Crippen LogP contribution in [0.15, 0.2) is 12.7 Å². The molecule has 1 aliphatic heterocycles. The molecule has 1 rings (SSSR count). The van der Waals surface area contributed by atoms with E-state index in [1.54, 1.807) is 0 Å². The predicted octanol–water partition coefficient (Wildman–Crippen LogP) is 1.14. The molecular formula is C8H14O3. The van der Waals surface area contributed by atoms with Crippen molar-refractivity contribution >= 4 is 5.97 Å². The third kappa shape index (κ3) is 2.72. The first-order chi connectivity index (χ1) is 5.33. The molecule has 0 spiro atoms. The smallest absolute Gasteiger partial charge is 0.330 e. The monoisotopic (exact) mass is 158 g/mol. The van der Waals surface area contributed by atoms with Gasteiger partial charge in [-0.1, -0.05) is 6.58 Å². The molecule has 11 heavy (non-hydrogen) atoms. The molecule has 1 fully saturated rings. The molecule has 3 nitrogen and oxygen atoms in total. The number of carbonyl (C=O) groups is 1. The first-order valence-corrected chi connectivity index (χ1v) is 3.73. The highest BCUT2D eigenvalue weighted by atomic mass is 16.6. The molecule has 64 valence electrons. The summed E-state index contributed by atoms with van der Waals surface area (Å²) in [6, 6.07) is 0. The summed E-state index contributed by atoms with van der Waals surface area (Å²) in [5.41, 5.74) is 0. The molecule has 0 aliphatic carbocycles. The van der Waals surface area contributed by atoms with E-state index in [0.29, 0.717) is 6.61 Å². The van der Waals surface area contributed by atoms with Crippen molar-refractivity contribution in [3.63, 3.8) is 0 Å². The van der Waals surface area contributed by atoms with Crippen molar-refractivity contribution in [1.29, 1.82) is 0 Å². The van der Waals surface area contributed by atoms with Gasteiger partial charge < -0.3 is 9.47 Å². The quantitative estimate of drug-likeness (QED) is 0.456. The molecule has 0 aromatic heterocycles. The fraction of sp³-hybridized carbons (Fsp3) is 0.625. The number of ether oxygens (including phenoxy) is 2. The summed E-state index contributed by atoms with van der Waals surface area (Å²) in [4.78, 5) is 10.6. The fourth-order valence-electron chi connectivity index (χ4n) is 1.01. The van der Waals surface area contributed by atoms with Crippen LogP contribution in [0.4, 0.5) is 0 Å². The zero-order chi connectivity index (χ0) is 8.10. The number of carbonyl (C=O) groups excluding carboxylic acids is 1. The van der Waals surface area contributed by atoms with E-state index in [9.17, 15) is 4.79 Å². The Kier molecular flexibility index (Phi) is 3.11. The molecule has 1 heterocycles. The van der Waals surface area contributed by atoms with E-state index in [4.69, 9.17) is 9.47 Å².